The highest BCUT2D eigenvalue weighted by molar-refractivity contribution is 4.95. The highest BCUT2D eigenvalue weighted by atomic mass is 16.6. The van der Waals surface area contributed by atoms with E-state index in [1.54, 1.807) is 24.0 Å². The van der Waals surface area contributed by atoms with E-state index in [-0.39, 0.29) is 6.54 Å². The molecule has 1 aromatic rings. The Morgan fingerprint density at radius 2 is 2.60 bits per heavy atom. The van der Waals surface area contributed by atoms with Crippen LogP contribution >= 0.6 is 0 Å². The second-order valence-corrected chi connectivity index (χ2v) is 1.97. The zero-order chi connectivity index (χ0) is 7.56. The van der Waals surface area contributed by atoms with E-state index in [0.717, 1.165) is 0 Å². The maximum Gasteiger partial charge on any atom is 0.247 e. The minimum Gasteiger partial charge on any atom is -0.275 e. The van der Waals surface area contributed by atoms with E-state index < -0.39 is 4.92 Å². The summed E-state index contributed by atoms with van der Waals surface area (Å²) in [6.07, 6.45) is 1.68. The number of nitro groups is 1. The third kappa shape index (κ3) is 1.54. The van der Waals surface area contributed by atoms with Crippen LogP contribution in [0.25, 0.3) is 0 Å². The van der Waals surface area contributed by atoms with Gasteiger partial charge < -0.3 is 0 Å². The fourth-order valence-corrected chi connectivity index (χ4v) is 0.680. The molecule has 0 radical (unpaired) electrons. The van der Waals surface area contributed by atoms with Crippen molar-refractivity contribution in [1.29, 1.82) is 0 Å². The van der Waals surface area contributed by atoms with Crippen LogP contribution in [0, 0.1) is 10.1 Å². The molecule has 0 aromatic carbocycles. The van der Waals surface area contributed by atoms with Gasteiger partial charge >= 0.3 is 0 Å². The predicted octanol–water partition coefficient (Wildman–Crippen LogP) is 0.197. The van der Waals surface area contributed by atoms with Crippen LogP contribution in [0.2, 0.25) is 0 Å². The van der Waals surface area contributed by atoms with Crippen LogP contribution in [-0.2, 0) is 13.6 Å². The predicted molar refractivity (Wildman–Crippen MR) is 33.9 cm³/mol. The maximum atomic E-state index is 9.93. The van der Waals surface area contributed by atoms with E-state index in [1.807, 2.05) is 0 Å². The van der Waals surface area contributed by atoms with Crippen molar-refractivity contribution in [3.05, 3.63) is 28.1 Å². The van der Waals surface area contributed by atoms with Crippen molar-refractivity contribution in [2.24, 2.45) is 7.05 Å². The molecule has 0 aliphatic heterocycles. The molecule has 0 unspecified atom stereocenters. The molecule has 0 aliphatic carbocycles. The molecule has 0 N–H and O–H groups in total. The van der Waals surface area contributed by atoms with E-state index in [1.165, 1.54) is 0 Å². The lowest BCUT2D eigenvalue weighted by Crippen LogP contribution is -1.99. The number of hydrogen-bond donors (Lipinski definition) is 0. The van der Waals surface area contributed by atoms with E-state index in [0.29, 0.717) is 5.69 Å². The number of aryl methyl sites for hydroxylation is 1. The van der Waals surface area contributed by atoms with Crippen LogP contribution in [0.4, 0.5) is 0 Å². The van der Waals surface area contributed by atoms with Gasteiger partial charge in [0.2, 0.25) is 6.54 Å². The van der Waals surface area contributed by atoms with Crippen molar-refractivity contribution in [3.63, 3.8) is 0 Å². The number of aromatic nitrogens is 2. The molecule has 0 aliphatic rings. The van der Waals surface area contributed by atoms with Gasteiger partial charge in [0.1, 0.15) is 5.69 Å². The molecule has 10 heavy (non-hydrogen) atoms. The molecule has 5 heteroatoms. The Labute approximate surface area is 57.4 Å². The first-order valence-electron chi connectivity index (χ1n) is 2.79. The van der Waals surface area contributed by atoms with Crippen molar-refractivity contribution in [1.82, 2.24) is 9.78 Å². The molecular formula is C5H7N3O2. The minimum atomic E-state index is -0.400. The Hall–Kier alpha value is -1.39. The van der Waals surface area contributed by atoms with Gasteiger partial charge in [-0.2, -0.15) is 5.10 Å². The van der Waals surface area contributed by atoms with Crippen molar-refractivity contribution >= 4 is 0 Å². The summed E-state index contributed by atoms with van der Waals surface area (Å²) in [5, 5.41) is 13.8. The van der Waals surface area contributed by atoms with Gasteiger partial charge in [-0.1, -0.05) is 0 Å². The van der Waals surface area contributed by atoms with Crippen LogP contribution in [0.3, 0.4) is 0 Å². The quantitative estimate of drug-likeness (QED) is 0.436. The van der Waals surface area contributed by atoms with Crippen molar-refractivity contribution in [2.45, 2.75) is 6.54 Å². The van der Waals surface area contributed by atoms with Gasteiger partial charge in [0.25, 0.3) is 0 Å². The summed E-state index contributed by atoms with van der Waals surface area (Å²) in [5.74, 6) is 0. The standard InChI is InChI=1S/C5H7N3O2/c1-7-3-2-5(6-7)4-8(9)10/h2-3H,4H2,1H3. The molecule has 54 valence electrons. The minimum absolute atomic E-state index is 0.194. The van der Waals surface area contributed by atoms with Gasteiger partial charge in [0, 0.05) is 18.2 Å². The van der Waals surface area contributed by atoms with Gasteiger partial charge in [-0.15, -0.1) is 0 Å². The first kappa shape index (κ1) is 6.73. The Bertz CT molecular complexity index is 243. The molecule has 0 fully saturated rings. The van der Waals surface area contributed by atoms with Crippen LogP contribution in [0.5, 0.6) is 0 Å². The highest BCUT2D eigenvalue weighted by Gasteiger charge is 2.02. The van der Waals surface area contributed by atoms with Crippen LogP contribution < -0.4 is 0 Å². The van der Waals surface area contributed by atoms with Crippen molar-refractivity contribution in [2.75, 3.05) is 0 Å². The molecule has 0 saturated heterocycles. The first-order valence-corrected chi connectivity index (χ1v) is 2.79. The molecular weight excluding hydrogens is 134 g/mol. The third-order valence-electron chi connectivity index (χ3n) is 1.06. The SMILES string of the molecule is Cn1ccc(C[N+](=O)[O-])n1. The lowest BCUT2D eigenvalue weighted by atomic mass is 10.4. The molecule has 0 spiro atoms. The smallest absolute Gasteiger partial charge is 0.247 e. The normalized spacial score (nSPS) is 9.70. The topological polar surface area (TPSA) is 61.0 Å². The fraction of sp³-hybridized carbons (Fsp3) is 0.400. The molecule has 1 heterocycles. The molecule has 5 nitrogen and oxygen atoms in total. The van der Waals surface area contributed by atoms with E-state index in [9.17, 15) is 10.1 Å². The highest BCUT2D eigenvalue weighted by Crippen LogP contribution is 1.94. The third-order valence-corrected chi connectivity index (χ3v) is 1.06. The monoisotopic (exact) mass is 141 g/mol. The summed E-state index contributed by atoms with van der Waals surface area (Å²) in [5.41, 5.74) is 0.493. The summed E-state index contributed by atoms with van der Waals surface area (Å²) < 4.78 is 1.54. The largest absolute Gasteiger partial charge is 0.275 e. The average Bonchev–Trinajstić information content (AvgIpc) is 2.13. The Kier molecular flexibility index (Phi) is 1.66. The number of nitrogens with zero attached hydrogens (tertiary/aromatic N) is 3. The fourth-order valence-electron chi connectivity index (χ4n) is 0.680. The summed E-state index contributed by atoms with van der Waals surface area (Å²) in [7, 11) is 1.73. The second kappa shape index (κ2) is 2.47. The van der Waals surface area contributed by atoms with Gasteiger partial charge in [-0.3, -0.25) is 14.8 Å². The van der Waals surface area contributed by atoms with E-state index in [4.69, 9.17) is 0 Å². The average molecular weight is 141 g/mol. The molecule has 0 atom stereocenters. The number of hydrogen-bond acceptors (Lipinski definition) is 3. The second-order valence-electron chi connectivity index (χ2n) is 1.97. The Morgan fingerprint density at radius 1 is 1.90 bits per heavy atom. The lowest BCUT2D eigenvalue weighted by molar-refractivity contribution is -0.497. The maximum absolute atomic E-state index is 9.93. The molecule has 0 saturated carbocycles. The van der Waals surface area contributed by atoms with Crippen LogP contribution in [-0.4, -0.2) is 14.7 Å². The first-order chi connectivity index (χ1) is 4.68. The van der Waals surface area contributed by atoms with Gasteiger partial charge in [-0.25, -0.2) is 0 Å². The van der Waals surface area contributed by atoms with Crippen molar-refractivity contribution < 1.29 is 4.92 Å². The lowest BCUT2D eigenvalue weighted by Gasteiger charge is -1.86. The Morgan fingerprint density at radius 3 is 3.00 bits per heavy atom. The van der Waals surface area contributed by atoms with Crippen LogP contribution in [0.15, 0.2) is 12.3 Å². The summed E-state index contributed by atoms with van der Waals surface area (Å²) in [6, 6.07) is 1.63. The van der Waals surface area contributed by atoms with Gasteiger partial charge in [-0.05, 0) is 6.07 Å². The summed E-state index contributed by atoms with van der Waals surface area (Å²) in [6.45, 7) is -0.194. The summed E-state index contributed by atoms with van der Waals surface area (Å²) in [4.78, 5) is 9.53. The molecule has 0 bridgehead atoms. The van der Waals surface area contributed by atoms with Gasteiger partial charge in [0.05, 0.1) is 0 Å². The molecule has 1 rings (SSSR count). The number of rotatable bonds is 2. The van der Waals surface area contributed by atoms with Crippen molar-refractivity contribution in [3.8, 4) is 0 Å². The van der Waals surface area contributed by atoms with Crippen LogP contribution in [0.1, 0.15) is 5.69 Å². The Balaban J connectivity index is 2.67. The van der Waals surface area contributed by atoms with Gasteiger partial charge in [0.15, 0.2) is 0 Å². The molecule has 1 aromatic heterocycles. The molecule has 0 amide bonds. The zero-order valence-electron chi connectivity index (χ0n) is 5.52. The summed E-state index contributed by atoms with van der Waals surface area (Å²) >= 11 is 0. The van der Waals surface area contributed by atoms with E-state index >= 15 is 0 Å². The zero-order valence-corrected chi connectivity index (χ0v) is 5.52. The van der Waals surface area contributed by atoms with E-state index in [2.05, 4.69) is 5.10 Å².